The third-order valence-corrected chi connectivity index (χ3v) is 1.34. The lowest BCUT2D eigenvalue weighted by atomic mass is 10.5. The molecule has 11 heavy (non-hydrogen) atoms. The second kappa shape index (κ2) is 10.2. The summed E-state index contributed by atoms with van der Waals surface area (Å²) in [4.78, 5) is 11.4. The van der Waals surface area contributed by atoms with Gasteiger partial charge in [0, 0.05) is 0 Å². The summed E-state index contributed by atoms with van der Waals surface area (Å²) in [5.41, 5.74) is 0. The zero-order valence-electron chi connectivity index (χ0n) is 7.23. The topological polar surface area (TPSA) is 20.3 Å². The maximum absolute atomic E-state index is 8.98. The van der Waals surface area contributed by atoms with Crippen LogP contribution in [0.4, 0.5) is 4.79 Å². The minimum Gasteiger partial charge on any atom is -0.304 e. The van der Waals surface area contributed by atoms with Gasteiger partial charge in [-0.05, 0) is 42.8 Å². The van der Waals surface area contributed by atoms with Crippen molar-refractivity contribution in [3.63, 3.8) is 0 Å². The summed E-state index contributed by atoms with van der Waals surface area (Å²) in [5.74, 6) is 0. The van der Waals surface area contributed by atoms with Gasteiger partial charge in [0.25, 0.3) is 0 Å². The van der Waals surface area contributed by atoms with Crippen LogP contribution in [0.2, 0.25) is 0 Å². The molecule has 0 unspecified atom stereocenters. The van der Waals surface area contributed by atoms with Crippen LogP contribution in [0.3, 0.4) is 0 Å². The standard InChI is InChI=1S/C6H15N.CCl2O/c1-4-7(5-2)6-3;2-1(3)4/h4-6H2,1-3H3;. The predicted molar refractivity (Wildman–Crippen MR) is 50.6 cm³/mol. The molecular formula is C7H15Cl2NO. The Morgan fingerprint density at radius 3 is 1.27 bits per heavy atom. The van der Waals surface area contributed by atoms with Crippen molar-refractivity contribution in [2.24, 2.45) is 0 Å². The normalized spacial score (nSPS) is 8.91. The molecule has 0 aromatic carbocycles. The Kier molecular flexibility index (Phi) is 12.8. The van der Waals surface area contributed by atoms with Crippen molar-refractivity contribution in [2.45, 2.75) is 20.8 Å². The van der Waals surface area contributed by atoms with Crippen molar-refractivity contribution in [2.75, 3.05) is 19.6 Å². The van der Waals surface area contributed by atoms with Crippen LogP contribution in [0.15, 0.2) is 0 Å². The lowest BCUT2D eigenvalue weighted by Gasteiger charge is -2.13. The molecule has 0 aliphatic heterocycles. The summed E-state index contributed by atoms with van der Waals surface area (Å²) < 4.78 is -0.889. The van der Waals surface area contributed by atoms with Gasteiger partial charge in [0.1, 0.15) is 0 Å². The minimum atomic E-state index is -0.889. The fourth-order valence-corrected chi connectivity index (χ4v) is 0.671. The molecule has 0 aliphatic rings. The quantitative estimate of drug-likeness (QED) is 0.652. The highest BCUT2D eigenvalue weighted by Gasteiger charge is 1.89. The molecule has 0 aromatic rings. The second-order valence-corrected chi connectivity index (χ2v) is 2.73. The summed E-state index contributed by atoms with van der Waals surface area (Å²) >= 11 is 8.80. The Hall–Kier alpha value is 0.210. The van der Waals surface area contributed by atoms with Crippen molar-refractivity contribution in [3.05, 3.63) is 0 Å². The average molecular weight is 200 g/mol. The highest BCUT2D eigenvalue weighted by atomic mass is 35.5. The van der Waals surface area contributed by atoms with Crippen molar-refractivity contribution < 1.29 is 4.79 Å². The molecule has 0 saturated carbocycles. The van der Waals surface area contributed by atoms with E-state index in [9.17, 15) is 0 Å². The Morgan fingerprint density at radius 1 is 1.09 bits per heavy atom. The van der Waals surface area contributed by atoms with E-state index in [1.54, 1.807) is 0 Å². The highest BCUT2D eigenvalue weighted by molar-refractivity contribution is 6.93. The van der Waals surface area contributed by atoms with Gasteiger partial charge in [-0.15, -0.1) is 0 Å². The summed E-state index contributed by atoms with van der Waals surface area (Å²) in [7, 11) is 0. The molecule has 0 saturated heterocycles. The van der Waals surface area contributed by atoms with Crippen LogP contribution in [0.1, 0.15) is 20.8 Å². The lowest BCUT2D eigenvalue weighted by Crippen LogP contribution is -2.21. The molecule has 0 aliphatic carbocycles. The zero-order valence-corrected chi connectivity index (χ0v) is 8.74. The van der Waals surface area contributed by atoms with Crippen molar-refractivity contribution in [3.8, 4) is 0 Å². The first kappa shape index (κ1) is 13.8. The van der Waals surface area contributed by atoms with Crippen LogP contribution in [0, 0.1) is 0 Å². The zero-order chi connectivity index (χ0) is 9.28. The van der Waals surface area contributed by atoms with Crippen LogP contribution in [0.5, 0.6) is 0 Å². The van der Waals surface area contributed by atoms with Gasteiger partial charge in [-0.25, -0.2) is 0 Å². The van der Waals surface area contributed by atoms with Crippen LogP contribution >= 0.6 is 23.2 Å². The highest BCUT2D eigenvalue weighted by Crippen LogP contribution is 1.84. The molecule has 4 heteroatoms. The van der Waals surface area contributed by atoms with Crippen molar-refractivity contribution >= 4 is 27.9 Å². The number of nitrogens with zero attached hydrogens (tertiary/aromatic N) is 1. The van der Waals surface area contributed by atoms with Gasteiger partial charge in [-0.3, -0.25) is 4.79 Å². The van der Waals surface area contributed by atoms with Gasteiger partial charge in [0.15, 0.2) is 0 Å². The first-order valence-electron chi connectivity index (χ1n) is 3.65. The van der Waals surface area contributed by atoms with Crippen molar-refractivity contribution in [1.29, 1.82) is 0 Å². The molecule has 0 radical (unpaired) electrons. The van der Waals surface area contributed by atoms with Gasteiger partial charge in [0.2, 0.25) is 0 Å². The van der Waals surface area contributed by atoms with Crippen LogP contribution in [-0.4, -0.2) is 29.2 Å². The lowest BCUT2D eigenvalue weighted by molar-refractivity contribution is 0.275. The Balaban J connectivity index is 0. The van der Waals surface area contributed by atoms with E-state index in [0.717, 1.165) is 0 Å². The molecule has 0 N–H and O–H groups in total. The van der Waals surface area contributed by atoms with Gasteiger partial charge in [-0.1, -0.05) is 20.8 Å². The first-order chi connectivity index (χ1) is 5.08. The van der Waals surface area contributed by atoms with Gasteiger partial charge < -0.3 is 4.90 Å². The van der Waals surface area contributed by atoms with E-state index in [1.807, 2.05) is 0 Å². The number of carbonyl (C=O) groups excluding carboxylic acids is 1. The Labute approximate surface area is 78.5 Å². The fraction of sp³-hybridized carbons (Fsp3) is 0.857. The summed E-state index contributed by atoms with van der Waals surface area (Å²) in [6.45, 7) is 10.1. The van der Waals surface area contributed by atoms with E-state index >= 15 is 0 Å². The van der Waals surface area contributed by atoms with Gasteiger partial charge >= 0.3 is 4.70 Å². The SMILES string of the molecule is CCN(CC)CC.O=C(Cl)Cl. The number of hydrogen-bond acceptors (Lipinski definition) is 2. The molecule has 0 aromatic heterocycles. The van der Waals surface area contributed by atoms with E-state index in [1.165, 1.54) is 19.6 Å². The molecule has 0 spiro atoms. The molecule has 2 nitrogen and oxygen atoms in total. The number of rotatable bonds is 3. The molecule has 68 valence electrons. The summed E-state index contributed by atoms with van der Waals surface area (Å²) in [6.07, 6.45) is 0. The summed E-state index contributed by atoms with van der Waals surface area (Å²) in [6, 6.07) is 0. The Morgan fingerprint density at radius 2 is 1.27 bits per heavy atom. The number of halogens is 2. The molecule has 0 rings (SSSR count). The van der Waals surface area contributed by atoms with E-state index < -0.39 is 4.70 Å². The monoisotopic (exact) mass is 199 g/mol. The molecule has 0 amide bonds. The van der Waals surface area contributed by atoms with Gasteiger partial charge in [-0.2, -0.15) is 0 Å². The second-order valence-electron chi connectivity index (χ2n) is 1.85. The fourth-order valence-electron chi connectivity index (χ4n) is 0.671. The maximum Gasteiger partial charge on any atom is 0.313 e. The van der Waals surface area contributed by atoms with Crippen LogP contribution in [0.25, 0.3) is 0 Å². The predicted octanol–water partition coefficient (Wildman–Crippen LogP) is 2.93. The van der Waals surface area contributed by atoms with E-state index in [2.05, 4.69) is 48.9 Å². The third-order valence-electron chi connectivity index (χ3n) is 1.34. The molecular weight excluding hydrogens is 185 g/mol. The molecule has 0 bridgehead atoms. The number of hydrogen-bond donors (Lipinski definition) is 0. The van der Waals surface area contributed by atoms with E-state index in [0.29, 0.717) is 0 Å². The van der Waals surface area contributed by atoms with E-state index in [-0.39, 0.29) is 0 Å². The molecule has 0 fully saturated rings. The summed E-state index contributed by atoms with van der Waals surface area (Å²) in [5, 5.41) is 0. The largest absolute Gasteiger partial charge is 0.313 e. The third kappa shape index (κ3) is 17.8. The molecule has 0 atom stereocenters. The van der Waals surface area contributed by atoms with Crippen LogP contribution < -0.4 is 0 Å². The van der Waals surface area contributed by atoms with E-state index in [4.69, 9.17) is 4.79 Å². The number of carbonyl (C=O) groups is 1. The first-order valence-corrected chi connectivity index (χ1v) is 4.41. The van der Waals surface area contributed by atoms with Gasteiger partial charge in [0.05, 0.1) is 0 Å². The minimum absolute atomic E-state index is 0.889. The average Bonchev–Trinajstić information content (AvgIpc) is 1.90. The van der Waals surface area contributed by atoms with Crippen molar-refractivity contribution in [1.82, 2.24) is 4.90 Å². The smallest absolute Gasteiger partial charge is 0.304 e. The Bertz CT molecular complexity index is 84.9. The maximum atomic E-state index is 8.98. The molecule has 0 heterocycles. The van der Waals surface area contributed by atoms with Crippen LogP contribution in [-0.2, 0) is 0 Å².